The van der Waals surface area contributed by atoms with Crippen LogP contribution in [0.2, 0.25) is 0 Å². The van der Waals surface area contributed by atoms with Crippen molar-refractivity contribution in [3.63, 3.8) is 0 Å². The van der Waals surface area contributed by atoms with E-state index >= 15 is 0 Å². The lowest BCUT2D eigenvalue weighted by atomic mass is 10.1. The Balaban J connectivity index is 2.53. The van der Waals surface area contributed by atoms with Gasteiger partial charge in [0, 0.05) is 11.6 Å². The van der Waals surface area contributed by atoms with Gasteiger partial charge in [-0.05, 0) is 24.1 Å². The number of nitrogens with zero attached hydrogens (tertiary/aromatic N) is 1. The average Bonchev–Trinajstić information content (AvgIpc) is 2.87. The fourth-order valence-electron chi connectivity index (χ4n) is 2.09. The van der Waals surface area contributed by atoms with Crippen LogP contribution in [-0.2, 0) is 0 Å². The van der Waals surface area contributed by atoms with Crippen LogP contribution in [0.4, 0.5) is 4.39 Å². The number of hydrogen-bond donors (Lipinski definition) is 1. The summed E-state index contributed by atoms with van der Waals surface area (Å²) in [7, 11) is 0. The molecule has 0 saturated carbocycles. The molecule has 19 heavy (non-hydrogen) atoms. The Morgan fingerprint density at radius 2 is 2.21 bits per heavy atom. The molecule has 1 N–H and O–H groups in total. The summed E-state index contributed by atoms with van der Waals surface area (Å²) in [5.74, 6) is 0.220. The van der Waals surface area contributed by atoms with Gasteiger partial charge in [0.15, 0.2) is 5.88 Å². The zero-order chi connectivity index (χ0) is 13.7. The third kappa shape index (κ3) is 2.87. The fraction of sp³-hybridized carbons (Fsp3) is 0.250. The van der Waals surface area contributed by atoms with Crippen LogP contribution in [-0.4, -0.2) is 16.3 Å². The molecule has 0 amide bonds. The van der Waals surface area contributed by atoms with Crippen molar-refractivity contribution >= 4 is 22.9 Å². The van der Waals surface area contributed by atoms with Gasteiger partial charge in [0.2, 0.25) is 0 Å². The molecule has 1 aromatic carbocycles. The topological polar surface area (TPSA) is 25.2 Å². The lowest BCUT2D eigenvalue weighted by Gasteiger charge is -2.06. The van der Waals surface area contributed by atoms with Crippen LogP contribution in [0.3, 0.4) is 0 Å². The molecule has 1 heterocycles. The molecular weight excluding hydrogens is 241 g/mol. The van der Waals surface area contributed by atoms with Crippen LogP contribution >= 0.6 is 0 Å². The zero-order valence-electron chi connectivity index (χ0n) is 11.0. The normalized spacial score (nSPS) is 12.6. The average molecular weight is 259 g/mol. The van der Waals surface area contributed by atoms with E-state index in [4.69, 9.17) is 0 Å². The van der Waals surface area contributed by atoms with E-state index in [0.29, 0.717) is 0 Å². The molecule has 3 heteroatoms. The minimum absolute atomic E-state index is 0.220. The highest BCUT2D eigenvalue weighted by Gasteiger charge is 2.07. The molecule has 2 nitrogen and oxygen atoms in total. The van der Waals surface area contributed by atoms with Crippen molar-refractivity contribution in [1.82, 2.24) is 4.57 Å². The maximum atomic E-state index is 12.3. The number of benzene rings is 1. The van der Waals surface area contributed by atoms with Crippen molar-refractivity contribution in [2.45, 2.75) is 19.8 Å². The highest BCUT2D eigenvalue weighted by molar-refractivity contribution is 5.90. The van der Waals surface area contributed by atoms with Gasteiger partial charge in [-0.25, -0.2) is 4.39 Å². The predicted octanol–water partition coefficient (Wildman–Crippen LogP) is 4.78. The van der Waals surface area contributed by atoms with Gasteiger partial charge in [-0.1, -0.05) is 43.7 Å². The van der Waals surface area contributed by atoms with Crippen LogP contribution in [0.5, 0.6) is 0 Å². The molecule has 0 aliphatic rings. The van der Waals surface area contributed by atoms with Gasteiger partial charge in [-0.2, -0.15) is 0 Å². The number of aliphatic hydroxyl groups is 1. The lowest BCUT2D eigenvalue weighted by molar-refractivity contribution is 0.472. The smallest absolute Gasteiger partial charge is 0.191 e. The first-order valence-electron chi connectivity index (χ1n) is 6.50. The fourth-order valence-corrected chi connectivity index (χ4v) is 2.09. The summed E-state index contributed by atoms with van der Waals surface area (Å²) in [6.45, 7) is 1.57. The maximum Gasteiger partial charge on any atom is 0.191 e. The third-order valence-electron chi connectivity index (χ3n) is 2.99. The number of allylic oxidation sites excluding steroid dienone is 2. The van der Waals surface area contributed by atoms with Gasteiger partial charge >= 0.3 is 0 Å². The van der Waals surface area contributed by atoms with Crippen molar-refractivity contribution in [2.24, 2.45) is 0 Å². The summed E-state index contributed by atoms with van der Waals surface area (Å²) in [5.41, 5.74) is 1.80. The predicted molar refractivity (Wildman–Crippen MR) is 78.8 cm³/mol. The SMILES string of the molecule is CCCC=C(O)n1ccc2cccc(C=CCF)c21. The van der Waals surface area contributed by atoms with E-state index in [1.807, 2.05) is 30.5 Å². The molecule has 0 radical (unpaired) electrons. The second kappa shape index (κ2) is 6.23. The van der Waals surface area contributed by atoms with Gasteiger partial charge in [0.05, 0.1) is 5.52 Å². The van der Waals surface area contributed by atoms with Gasteiger partial charge in [0.25, 0.3) is 0 Å². The van der Waals surface area contributed by atoms with Gasteiger partial charge in [-0.15, -0.1) is 0 Å². The summed E-state index contributed by atoms with van der Waals surface area (Å²) in [5, 5.41) is 11.1. The van der Waals surface area contributed by atoms with Crippen molar-refractivity contribution in [1.29, 1.82) is 0 Å². The Morgan fingerprint density at radius 1 is 1.37 bits per heavy atom. The summed E-state index contributed by atoms with van der Waals surface area (Å²) >= 11 is 0. The lowest BCUT2D eigenvalue weighted by Crippen LogP contribution is -1.95. The number of unbranched alkanes of at least 4 members (excludes halogenated alkanes) is 1. The molecule has 0 aliphatic carbocycles. The van der Waals surface area contributed by atoms with E-state index in [1.54, 1.807) is 16.7 Å². The first-order chi connectivity index (χ1) is 9.27. The Bertz CT molecular complexity index is 610. The summed E-state index contributed by atoms with van der Waals surface area (Å²) in [6.07, 6.45) is 8.66. The van der Waals surface area contributed by atoms with Crippen LogP contribution in [0, 0.1) is 0 Å². The number of hydrogen-bond acceptors (Lipinski definition) is 1. The number of rotatable bonds is 5. The Kier molecular flexibility index (Phi) is 4.39. The molecule has 2 rings (SSSR count). The summed E-state index contributed by atoms with van der Waals surface area (Å²) in [6, 6.07) is 7.76. The van der Waals surface area contributed by atoms with E-state index in [1.165, 1.54) is 6.08 Å². The van der Waals surface area contributed by atoms with E-state index in [-0.39, 0.29) is 5.88 Å². The molecule has 0 spiro atoms. The minimum atomic E-state index is -0.491. The van der Waals surface area contributed by atoms with Crippen molar-refractivity contribution < 1.29 is 9.50 Å². The highest BCUT2D eigenvalue weighted by atomic mass is 19.1. The largest absolute Gasteiger partial charge is 0.494 e. The number of halogens is 1. The molecule has 0 bridgehead atoms. The van der Waals surface area contributed by atoms with Crippen molar-refractivity contribution in [2.75, 3.05) is 6.67 Å². The summed E-state index contributed by atoms with van der Waals surface area (Å²) in [4.78, 5) is 0. The quantitative estimate of drug-likeness (QED) is 0.768. The minimum Gasteiger partial charge on any atom is -0.494 e. The number of fused-ring (bicyclic) bond motifs is 1. The van der Waals surface area contributed by atoms with E-state index in [0.717, 1.165) is 29.3 Å². The summed E-state index contributed by atoms with van der Waals surface area (Å²) < 4.78 is 14.0. The molecule has 2 aromatic rings. The van der Waals surface area contributed by atoms with E-state index in [9.17, 15) is 9.50 Å². The Hall–Kier alpha value is -2.03. The van der Waals surface area contributed by atoms with E-state index < -0.39 is 6.67 Å². The van der Waals surface area contributed by atoms with Crippen LogP contribution in [0.15, 0.2) is 42.6 Å². The Morgan fingerprint density at radius 3 is 2.95 bits per heavy atom. The monoisotopic (exact) mass is 259 g/mol. The van der Waals surface area contributed by atoms with Gasteiger partial charge in [0.1, 0.15) is 6.67 Å². The highest BCUT2D eigenvalue weighted by Crippen LogP contribution is 2.24. The molecule has 0 saturated heterocycles. The first kappa shape index (κ1) is 13.4. The Labute approximate surface area is 112 Å². The number of aromatic nitrogens is 1. The molecule has 0 atom stereocenters. The second-order valence-corrected chi connectivity index (χ2v) is 4.38. The van der Waals surface area contributed by atoms with Gasteiger partial charge < -0.3 is 5.11 Å². The van der Waals surface area contributed by atoms with Crippen LogP contribution < -0.4 is 0 Å². The molecule has 1 aromatic heterocycles. The number of para-hydroxylation sites is 1. The van der Waals surface area contributed by atoms with Gasteiger partial charge in [-0.3, -0.25) is 4.57 Å². The molecular formula is C16H18FNO. The van der Waals surface area contributed by atoms with Crippen LogP contribution in [0.1, 0.15) is 25.3 Å². The van der Waals surface area contributed by atoms with E-state index in [2.05, 4.69) is 6.92 Å². The third-order valence-corrected chi connectivity index (χ3v) is 2.99. The molecule has 0 fully saturated rings. The van der Waals surface area contributed by atoms with Crippen LogP contribution in [0.25, 0.3) is 22.9 Å². The molecule has 100 valence electrons. The number of alkyl halides is 1. The van der Waals surface area contributed by atoms with Crippen molar-refractivity contribution in [3.05, 3.63) is 48.2 Å². The molecule has 0 unspecified atom stereocenters. The zero-order valence-corrected chi connectivity index (χ0v) is 11.0. The molecule has 0 aliphatic heterocycles. The second-order valence-electron chi connectivity index (χ2n) is 4.38. The first-order valence-corrected chi connectivity index (χ1v) is 6.50. The number of aliphatic hydroxyl groups excluding tert-OH is 1. The van der Waals surface area contributed by atoms with Crippen molar-refractivity contribution in [3.8, 4) is 0 Å². The maximum absolute atomic E-state index is 12.3. The standard InChI is InChI=1S/C16H18FNO/c1-2-3-9-15(19)18-12-10-14-7-4-6-13(16(14)18)8-5-11-17/h4-10,12,19H,2-3,11H2,1H3.